The molecule has 0 bridgehead atoms. The number of aromatic nitrogens is 2. The second-order valence-corrected chi connectivity index (χ2v) is 5.62. The Balaban J connectivity index is 1.80. The number of carbonyl (C=O) groups is 1. The van der Waals surface area contributed by atoms with E-state index in [4.69, 9.17) is 5.73 Å². The Morgan fingerprint density at radius 2 is 1.91 bits per heavy atom. The van der Waals surface area contributed by atoms with Gasteiger partial charge in [-0.25, -0.2) is 0 Å². The molecule has 0 atom stereocenters. The van der Waals surface area contributed by atoms with Crippen molar-refractivity contribution >= 4 is 17.3 Å². The number of nitrogens with two attached hydrogens (primary N) is 1. The summed E-state index contributed by atoms with van der Waals surface area (Å²) in [4.78, 5) is 14.8. The summed E-state index contributed by atoms with van der Waals surface area (Å²) in [5.74, 6) is -0.0180. The van der Waals surface area contributed by atoms with Crippen molar-refractivity contribution in [1.29, 1.82) is 0 Å². The van der Waals surface area contributed by atoms with Crippen molar-refractivity contribution in [3.05, 3.63) is 65.9 Å². The van der Waals surface area contributed by atoms with Crippen LogP contribution in [0.15, 0.2) is 54.7 Å². The van der Waals surface area contributed by atoms with Crippen LogP contribution in [0.1, 0.15) is 15.9 Å². The van der Waals surface area contributed by atoms with Gasteiger partial charge < -0.3 is 10.6 Å². The number of nitrogen functional groups attached to an aromatic ring is 1. The van der Waals surface area contributed by atoms with E-state index in [1.165, 1.54) is 0 Å². The molecule has 23 heavy (non-hydrogen) atoms. The van der Waals surface area contributed by atoms with Gasteiger partial charge >= 0.3 is 0 Å². The summed E-state index contributed by atoms with van der Waals surface area (Å²) in [6.45, 7) is 0.618. The lowest BCUT2D eigenvalue weighted by atomic mass is 10.1. The van der Waals surface area contributed by atoms with Crippen molar-refractivity contribution in [1.82, 2.24) is 10.2 Å². The lowest BCUT2D eigenvalue weighted by molar-refractivity contribution is 0.0987. The first-order valence-electron chi connectivity index (χ1n) is 7.53. The Morgan fingerprint density at radius 3 is 2.74 bits per heavy atom. The van der Waals surface area contributed by atoms with Crippen LogP contribution in [0.2, 0.25) is 0 Å². The van der Waals surface area contributed by atoms with Gasteiger partial charge in [-0.3, -0.25) is 9.89 Å². The minimum atomic E-state index is -0.0180. The van der Waals surface area contributed by atoms with E-state index in [0.29, 0.717) is 17.8 Å². The molecule has 5 nitrogen and oxygen atoms in total. The largest absolute Gasteiger partial charge is 0.399 e. The third kappa shape index (κ3) is 2.26. The van der Waals surface area contributed by atoms with Gasteiger partial charge in [-0.1, -0.05) is 18.2 Å². The van der Waals surface area contributed by atoms with Crippen molar-refractivity contribution in [2.45, 2.75) is 6.42 Å². The average Bonchev–Trinajstić information content (AvgIpc) is 2.98. The van der Waals surface area contributed by atoms with Crippen LogP contribution >= 0.6 is 0 Å². The lowest BCUT2D eigenvalue weighted by Gasteiger charge is -2.23. The molecule has 5 heteroatoms. The molecule has 1 amide bonds. The summed E-state index contributed by atoms with van der Waals surface area (Å²) in [6.07, 6.45) is 2.60. The first kappa shape index (κ1) is 13.6. The molecular weight excluding hydrogens is 288 g/mol. The number of amides is 1. The third-order valence-corrected chi connectivity index (χ3v) is 4.19. The molecule has 114 valence electrons. The summed E-state index contributed by atoms with van der Waals surface area (Å²) in [6, 6.07) is 15.0. The van der Waals surface area contributed by atoms with Crippen LogP contribution < -0.4 is 10.6 Å². The zero-order valence-corrected chi connectivity index (χ0v) is 12.5. The molecule has 0 unspecified atom stereocenters. The summed E-state index contributed by atoms with van der Waals surface area (Å²) < 4.78 is 0. The Hall–Kier alpha value is -3.08. The van der Waals surface area contributed by atoms with Gasteiger partial charge in [0.2, 0.25) is 0 Å². The van der Waals surface area contributed by atoms with Gasteiger partial charge in [0, 0.05) is 23.4 Å². The molecular formula is C18H16N4O. The molecule has 0 spiro atoms. The minimum absolute atomic E-state index is 0.0180. The summed E-state index contributed by atoms with van der Waals surface area (Å²) in [7, 11) is 0. The van der Waals surface area contributed by atoms with Crippen LogP contribution in [-0.2, 0) is 6.42 Å². The third-order valence-electron chi connectivity index (χ3n) is 4.19. The van der Waals surface area contributed by atoms with Gasteiger partial charge in [-0.2, -0.15) is 5.10 Å². The maximum atomic E-state index is 13.0. The van der Waals surface area contributed by atoms with Crippen molar-refractivity contribution < 1.29 is 4.79 Å². The highest BCUT2D eigenvalue weighted by Crippen LogP contribution is 2.35. The number of para-hydroxylation sites is 1. The predicted octanol–water partition coefficient (Wildman–Crippen LogP) is 2.86. The lowest BCUT2D eigenvalue weighted by Crippen LogP contribution is -2.32. The number of carbonyl (C=O) groups excluding carboxylic acids is 1. The molecule has 3 aromatic rings. The summed E-state index contributed by atoms with van der Waals surface area (Å²) in [5, 5.41) is 7.20. The molecule has 2 heterocycles. The standard InChI is InChI=1S/C18H16N4O/c19-14-7-5-12(6-8-14)18(23)22-10-9-13-11-20-21-17(13)15-3-1-2-4-16(15)22/h1-8,11H,9-10,19H2,(H,20,21). The van der Waals surface area contributed by atoms with E-state index in [2.05, 4.69) is 10.2 Å². The Labute approximate surface area is 133 Å². The average molecular weight is 304 g/mol. The molecule has 1 aliphatic heterocycles. The van der Waals surface area contributed by atoms with Crippen LogP contribution in [0.3, 0.4) is 0 Å². The highest BCUT2D eigenvalue weighted by molar-refractivity contribution is 6.08. The van der Waals surface area contributed by atoms with Crippen molar-refractivity contribution in [3.63, 3.8) is 0 Å². The van der Waals surface area contributed by atoms with Crippen LogP contribution in [0.4, 0.5) is 11.4 Å². The Morgan fingerprint density at radius 1 is 1.13 bits per heavy atom. The van der Waals surface area contributed by atoms with Crippen LogP contribution in [0, 0.1) is 0 Å². The van der Waals surface area contributed by atoms with Gasteiger partial charge in [0.1, 0.15) is 0 Å². The normalized spacial score (nSPS) is 13.1. The van der Waals surface area contributed by atoms with Crippen molar-refractivity contribution in [2.24, 2.45) is 0 Å². The van der Waals surface area contributed by atoms with Crippen molar-refractivity contribution in [2.75, 3.05) is 17.2 Å². The fourth-order valence-corrected chi connectivity index (χ4v) is 3.00. The van der Waals surface area contributed by atoms with Gasteiger partial charge in [0.05, 0.1) is 17.6 Å². The van der Waals surface area contributed by atoms with Gasteiger partial charge in [-0.15, -0.1) is 0 Å². The summed E-state index contributed by atoms with van der Waals surface area (Å²) in [5.41, 5.74) is 11.0. The van der Waals surface area contributed by atoms with E-state index >= 15 is 0 Å². The number of aromatic amines is 1. The molecule has 0 aliphatic carbocycles. The zero-order valence-electron chi connectivity index (χ0n) is 12.5. The molecule has 2 aromatic carbocycles. The SMILES string of the molecule is Nc1ccc(C(=O)N2CCc3cn[nH]c3-c3ccccc32)cc1. The Bertz CT molecular complexity index is 867. The van der Waals surface area contributed by atoms with E-state index in [1.807, 2.05) is 35.4 Å². The molecule has 4 rings (SSSR count). The zero-order chi connectivity index (χ0) is 15.8. The number of nitrogens with one attached hydrogen (secondary N) is 1. The smallest absolute Gasteiger partial charge is 0.258 e. The van der Waals surface area contributed by atoms with Gasteiger partial charge in [0.15, 0.2) is 0 Å². The van der Waals surface area contributed by atoms with E-state index in [1.54, 1.807) is 24.3 Å². The fraction of sp³-hybridized carbons (Fsp3) is 0.111. The van der Waals surface area contributed by atoms with E-state index in [-0.39, 0.29) is 5.91 Å². The van der Waals surface area contributed by atoms with Crippen LogP contribution in [-0.4, -0.2) is 22.6 Å². The monoisotopic (exact) mass is 304 g/mol. The molecule has 1 aliphatic rings. The second kappa shape index (κ2) is 5.28. The number of anilines is 2. The van der Waals surface area contributed by atoms with Gasteiger partial charge in [-0.05, 0) is 42.3 Å². The van der Waals surface area contributed by atoms with Crippen molar-refractivity contribution in [3.8, 4) is 11.3 Å². The number of fused-ring (bicyclic) bond motifs is 3. The van der Waals surface area contributed by atoms with E-state index in [9.17, 15) is 4.79 Å². The molecule has 0 saturated carbocycles. The first-order chi connectivity index (χ1) is 11.2. The molecule has 0 saturated heterocycles. The predicted molar refractivity (Wildman–Crippen MR) is 90.3 cm³/mol. The number of H-pyrrole nitrogens is 1. The molecule has 0 fully saturated rings. The fourth-order valence-electron chi connectivity index (χ4n) is 3.00. The summed E-state index contributed by atoms with van der Waals surface area (Å²) >= 11 is 0. The topological polar surface area (TPSA) is 75.0 Å². The number of hydrogen-bond acceptors (Lipinski definition) is 3. The number of benzene rings is 2. The minimum Gasteiger partial charge on any atom is -0.399 e. The first-order valence-corrected chi connectivity index (χ1v) is 7.53. The highest BCUT2D eigenvalue weighted by Gasteiger charge is 2.25. The number of rotatable bonds is 1. The number of nitrogens with zero attached hydrogens (tertiary/aromatic N) is 2. The molecule has 0 radical (unpaired) electrons. The van der Waals surface area contributed by atoms with Gasteiger partial charge in [0.25, 0.3) is 5.91 Å². The maximum Gasteiger partial charge on any atom is 0.258 e. The highest BCUT2D eigenvalue weighted by atomic mass is 16.2. The van der Waals surface area contributed by atoms with Crippen LogP contribution in [0.5, 0.6) is 0 Å². The van der Waals surface area contributed by atoms with Crippen LogP contribution in [0.25, 0.3) is 11.3 Å². The van der Waals surface area contributed by atoms with E-state index < -0.39 is 0 Å². The van der Waals surface area contributed by atoms with E-state index in [0.717, 1.165) is 28.9 Å². The second-order valence-electron chi connectivity index (χ2n) is 5.62. The molecule has 3 N–H and O–H groups in total. The Kier molecular flexibility index (Phi) is 3.12. The quantitative estimate of drug-likeness (QED) is 0.679. The maximum absolute atomic E-state index is 13.0. The molecule has 1 aromatic heterocycles. The number of hydrogen-bond donors (Lipinski definition) is 2.